The zero-order valence-corrected chi connectivity index (χ0v) is 25.2. The average molecular weight is 560 g/mol. The van der Waals surface area contributed by atoms with E-state index in [4.69, 9.17) is 14.2 Å². The van der Waals surface area contributed by atoms with E-state index in [1.54, 1.807) is 34.6 Å². The molecule has 0 bridgehead atoms. The summed E-state index contributed by atoms with van der Waals surface area (Å²) >= 11 is 0. The fraction of sp³-hybridized carbons (Fsp3) is 0.852. The number of nitrogens with zero attached hydrogens (tertiary/aromatic N) is 1. The third kappa shape index (κ3) is 6.24. The second kappa shape index (κ2) is 11.6. The van der Waals surface area contributed by atoms with E-state index in [2.05, 4.69) is 0 Å². The molecule has 0 spiro atoms. The van der Waals surface area contributed by atoms with Gasteiger partial charge in [0.25, 0.3) is 0 Å². The Kier molecular flexibility index (Phi) is 9.84. The third-order valence-corrected chi connectivity index (χ3v) is 9.89. The summed E-state index contributed by atoms with van der Waals surface area (Å²) in [5.41, 5.74) is -2.31. The first-order chi connectivity index (χ1) is 17.3. The van der Waals surface area contributed by atoms with Crippen molar-refractivity contribution in [2.24, 2.45) is 29.6 Å². The SMILES string of the molecule is CC[C@H]1OC(=O)[C@H](C)C(=O)[C@H](C)[C@@H](C)[C@](C)(OC)C[C@@H](C)C(=O)[C@H](C)[C@H]2N(CCS(C)(=O)=O)C(=O)O[C@]12C. The van der Waals surface area contributed by atoms with Crippen molar-refractivity contribution in [1.82, 2.24) is 4.90 Å². The summed E-state index contributed by atoms with van der Waals surface area (Å²) in [6.07, 6.45) is -0.117. The van der Waals surface area contributed by atoms with Crippen LogP contribution in [0.3, 0.4) is 0 Å². The molecule has 2 aliphatic rings. The minimum atomic E-state index is -3.43. The van der Waals surface area contributed by atoms with Crippen LogP contribution < -0.4 is 0 Å². The summed E-state index contributed by atoms with van der Waals surface area (Å²) in [6, 6.07) is -0.899. The predicted molar refractivity (Wildman–Crippen MR) is 141 cm³/mol. The van der Waals surface area contributed by atoms with Crippen molar-refractivity contribution in [3.8, 4) is 0 Å². The van der Waals surface area contributed by atoms with Gasteiger partial charge in [-0.25, -0.2) is 13.2 Å². The van der Waals surface area contributed by atoms with Gasteiger partial charge in [0.15, 0.2) is 5.60 Å². The molecule has 1 amide bonds. The summed E-state index contributed by atoms with van der Waals surface area (Å²) < 4.78 is 41.4. The number of amides is 1. The second-order valence-corrected chi connectivity index (χ2v) is 13.9. The number of cyclic esters (lactones) is 1. The molecule has 2 saturated heterocycles. The lowest BCUT2D eigenvalue weighted by atomic mass is 9.70. The molecular formula is C27H45NO9S. The highest BCUT2D eigenvalue weighted by atomic mass is 32.2. The molecule has 0 aliphatic carbocycles. The number of hydrogen-bond acceptors (Lipinski definition) is 9. The van der Waals surface area contributed by atoms with E-state index in [9.17, 15) is 27.6 Å². The normalized spacial score (nSPS) is 39.8. The molecule has 0 unspecified atom stereocenters. The lowest BCUT2D eigenvalue weighted by Crippen LogP contribution is -2.58. The van der Waals surface area contributed by atoms with E-state index in [1.165, 1.54) is 18.9 Å². The molecule has 0 aromatic rings. The van der Waals surface area contributed by atoms with Gasteiger partial charge < -0.3 is 14.2 Å². The molecule has 0 radical (unpaired) electrons. The van der Waals surface area contributed by atoms with Crippen LogP contribution in [0.1, 0.15) is 68.2 Å². The molecule has 38 heavy (non-hydrogen) atoms. The standard InChI is InChI=1S/C27H45NO9S/c1-11-20-27(8)23(28(25(32)37-27)12-13-38(10,33)34)17(4)21(29)15(2)14-26(7,35-9)19(6)16(3)22(30)18(5)24(31)36-20/h15-20,23H,11-14H2,1-10H3/t15-,16-,17+,18-,19-,20-,23-,26-,27-/m1/s1. The topological polar surface area (TPSA) is 133 Å². The van der Waals surface area contributed by atoms with Crippen LogP contribution in [-0.4, -0.2) is 86.0 Å². The number of sulfone groups is 1. The van der Waals surface area contributed by atoms with Gasteiger partial charge >= 0.3 is 12.1 Å². The summed E-state index contributed by atoms with van der Waals surface area (Å²) in [6.45, 7) is 13.7. The van der Waals surface area contributed by atoms with Gasteiger partial charge in [-0.05, 0) is 39.5 Å². The van der Waals surface area contributed by atoms with Crippen molar-refractivity contribution in [2.45, 2.75) is 91.6 Å². The molecule has 9 atom stereocenters. The smallest absolute Gasteiger partial charge is 0.410 e. The number of carbonyl (C=O) groups excluding carboxylic acids is 4. The third-order valence-electron chi connectivity index (χ3n) is 8.96. The summed E-state index contributed by atoms with van der Waals surface area (Å²) in [7, 11) is -1.89. The van der Waals surface area contributed by atoms with Crippen LogP contribution in [0.15, 0.2) is 0 Å². The van der Waals surface area contributed by atoms with Gasteiger partial charge in [-0.1, -0.05) is 34.6 Å². The van der Waals surface area contributed by atoms with E-state index >= 15 is 0 Å². The predicted octanol–water partition coefficient (Wildman–Crippen LogP) is 3.06. The highest BCUT2D eigenvalue weighted by Crippen LogP contribution is 2.42. The maximum absolute atomic E-state index is 13.9. The number of fused-ring (bicyclic) bond motifs is 1. The molecule has 2 heterocycles. The van der Waals surface area contributed by atoms with Gasteiger partial charge in [0, 0.05) is 37.7 Å². The number of ether oxygens (including phenoxy) is 3. The Labute approximate surface area is 227 Å². The molecule has 2 rings (SSSR count). The van der Waals surface area contributed by atoms with Gasteiger partial charge in [0.05, 0.1) is 17.4 Å². The molecule has 2 aliphatic heterocycles. The Morgan fingerprint density at radius 3 is 2.08 bits per heavy atom. The summed E-state index contributed by atoms with van der Waals surface area (Å²) in [5, 5.41) is 0. The average Bonchev–Trinajstić information content (AvgIpc) is 3.11. The molecule has 2 fully saturated rings. The first-order valence-corrected chi connectivity index (χ1v) is 15.4. The van der Waals surface area contributed by atoms with Gasteiger partial charge in [-0.2, -0.15) is 0 Å². The largest absolute Gasteiger partial charge is 0.458 e. The Hall–Kier alpha value is -2.01. The summed E-state index contributed by atoms with van der Waals surface area (Å²) in [5.74, 6) is -4.75. The van der Waals surface area contributed by atoms with Gasteiger partial charge in [-0.3, -0.25) is 19.3 Å². The maximum Gasteiger partial charge on any atom is 0.410 e. The fourth-order valence-electron chi connectivity index (χ4n) is 6.15. The van der Waals surface area contributed by atoms with E-state index in [1.807, 2.05) is 13.8 Å². The van der Waals surface area contributed by atoms with Crippen LogP contribution in [0.25, 0.3) is 0 Å². The minimum Gasteiger partial charge on any atom is -0.458 e. The first-order valence-electron chi connectivity index (χ1n) is 13.3. The number of esters is 1. The Morgan fingerprint density at radius 1 is 1.00 bits per heavy atom. The van der Waals surface area contributed by atoms with Crippen LogP contribution in [0.4, 0.5) is 4.79 Å². The van der Waals surface area contributed by atoms with Crippen molar-refractivity contribution in [1.29, 1.82) is 0 Å². The molecule has 11 heteroatoms. The van der Waals surface area contributed by atoms with Crippen LogP contribution in [0.2, 0.25) is 0 Å². The first kappa shape index (κ1) is 32.2. The number of Topliss-reactive ketones (excluding diaryl/α,β-unsaturated/α-hetero) is 2. The zero-order valence-electron chi connectivity index (χ0n) is 24.4. The molecule has 0 aromatic heterocycles. The van der Waals surface area contributed by atoms with Crippen molar-refractivity contribution in [3.05, 3.63) is 0 Å². The van der Waals surface area contributed by atoms with E-state index < -0.39 is 68.9 Å². The Bertz CT molecular complexity index is 1040. The van der Waals surface area contributed by atoms with Crippen LogP contribution in [0.5, 0.6) is 0 Å². The number of hydrogen-bond donors (Lipinski definition) is 0. The fourth-order valence-corrected chi connectivity index (χ4v) is 6.68. The molecule has 10 nitrogen and oxygen atoms in total. The summed E-state index contributed by atoms with van der Waals surface area (Å²) in [4.78, 5) is 54.8. The highest BCUT2D eigenvalue weighted by molar-refractivity contribution is 7.90. The van der Waals surface area contributed by atoms with Crippen LogP contribution >= 0.6 is 0 Å². The van der Waals surface area contributed by atoms with Crippen LogP contribution in [0, 0.1) is 29.6 Å². The van der Waals surface area contributed by atoms with Crippen molar-refractivity contribution >= 4 is 33.5 Å². The van der Waals surface area contributed by atoms with E-state index in [0.717, 1.165) is 6.26 Å². The molecule has 0 N–H and O–H groups in total. The van der Waals surface area contributed by atoms with Crippen molar-refractivity contribution in [2.75, 3.05) is 25.7 Å². The molecule has 218 valence electrons. The minimum absolute atomic E-state index is 0.162. The van der Waals surface area contributed by atoms with Crippen molar-refractivity contribution in [3.63, 3.8) is 0 Å². The second-order valence-electron chi connectivity index (χ2n) is 11.7. The van der Waals surface area contributed by atoms with E-state index in [0.29, 0.717) is 6.42 Å². The van der Waals surface area contributed by atoms with E-state index in [-0.39, 0.29) is 36.2 Å². The number of methoxy groups -OCH3 is 1. The van der Waals surface area contributed by atoms with Gasteiger partial charge in [0.1, 0.15) is 33.4 Å². The number of rotatable bonds is 5. The van der Waals surface area contributed by atoms with Crippen LogP contribution in [-0.2, 0) is 38.4 Å². The van der Waals surface area contributed by atoms with Crippen molar-refractivity contribution < 1.29 is 41.8 Å². The highest BCUT2D eigenvalue weighted by Gasteiger charge is 2.60. The van der Waals surface area contributed by atoms with Gasteiger partial charge in [0.2, 0.25) is 0 Å². The molecule has 0 saturated carbocycles. The lowest BCUT2D eigenvalue weighted by molar-refractivity contribution is -0.172. The maximum atomic E-state index is 13.9. The number of carbonyl (C=O) groups is 4. The Morgan fingerprint density at radius 2 is 1.58 bits per heavy atom. The quantitative estimate of drug-likeness (QED) is 0.368. The number of ketones is 2. The monoisotopic (exact) mass is 559 g/mol. The lowest BCUT2D eigenvalue weighted by Gasteiger charge is -2.43. The molecular weight excluding hydrogens is 514 g/mol. The van der Waals surface area contributed by atoms with Gasteiger partial charge in [-0.15, -0.1) is 0 Å². The Balaban J connectivity index is 2.68. The zero-order chi connectivity index (χ0) is 29.4. The molecule has 0 aromatic carbocycles.